The first-order chi connectivity index (χ1) is 24.0. The van der Waals surface area contributed by atoms with Crippen LogP contribution in [0.25, 0.3) is 0 Å². The number of ether oxygens (including phenoxy) is 2. The number of carbonyl (C=O) groups excluding carboxylic acids is 4. The molecule has 0 aromatic heterocycles. The first kappa shape index (κ1) is 37.3. The van der Waals surface area contributed by atoms with Gasteiger partial charge < -0.3 is 29.7 Å². The Morgan fingerprint density at radius 2 is 1.90 bits per heavy atom. The second kappa shape index (κ2) is 15.9. The summed E-state index contributed by atoms with van der Waals surface area (Å²) in [6.07, 6.45) is 3.79. The molecule has 3 fully saturated rings. The lowest BCUT2D eigenvalue weighted by atomic mass is 9.70. The molecule has 1 spiro atoms. The third-order valence-corrected chi connectivity index (χ3v) is 10.4. The summed E-state index contributed by atoms with van der Waals surface area (Å²) in [4.78, 5) is 59.5. The number of allylic oxidation sites excluding steroid dienone is 1. The summed E-state index contributed by atoms with van der Waals surface area (Å²) in [5.41, 5.74) is 0.617. The van der Waals surface area contributed by atoms with E-state index in [0.717, 1.165) is 5.56 Å². The molecule has 0 saturated carbocycles. The minimum absolute atomic E-state index is 0.0373. The van der Waals surface area contributed by atoms with Crippen LogP contribution >= 0.6 is 11.6 Å². The Bertz CT molecular complexity index is 1580. The smallest absolute Gasteiger partial charge is 0.313 e. The minimum Gasteiger partial charge on any atom is -0.455 e. The van der Waals surface area contributed by atoms with Crippen LogP contribution in [0.5, 0.6) is 0 Å². The molecular weight excluding hydrogens is 658 g/mol. The van der Waals surface area contributed by atoms with E-state index in [1.807, 2.05) is 57.2 Å². The number of hydrogen-bond acceptors (Lipinski definition) is 7. The van der Waals surface area contributed by atoms with Crippen molar-refractivity contribution in [2.45, 2.75) is 82.8 Å². The van der Waals surface area contributed by atoms with Crippen molar-refractivity contribution < 1.29 is 33.8 Å². The average Bonchev–Trinajstić information content (AvgIpc) is 3.74. The van der Waals surface area contributed by atoms with Crippen molar-refractivity contribution in [3.05, 3.63) is 90.0 Å². The Labute approximate surface area is 299 Å². The molecule has 2 N–H and O–H groups in total. The van der Waals surface area contributed by atoms with Crippen LogP contribution in [0.15, 0.2) is 73.8 Å². The minimum atomic E-state index is -1.33. The van der Waals surface area contributed by atoms with Crippen molar-refractivity contribution in [1.29, 1.82) is 0 Å². The standard InChI is InChI=1S/C39H48ClN3O7/c1-6-8-17-31(45)41-22-30(26-14-10-9-11-15-26)49-38(48)32-29-18-19-39(50-29)33(32)36(46)43(27(23-44)21-24(3)4)35(39)37(47)42(20-7-2)34-25(5)13-12-16-28(34)40/h6-7,9-16,24,27,29-30,32-33,35,44H,1-2,8,17-23H2,3-5H3,(H,41,45)/t27-,29-,30-,32+,33+,35-,39+/m1/s1. The van der Waals surface area contributed by atoms with Crippen LogP contribution < -0.4 is 10.2 Å². The average molecular weight is 706 g/mol. The van der Waals surface area contributed by atoms with Gasteiger partial charge in [-0.2, -0.15) is 0 Å². The predicted molar refractivity (Wildman–Crippen MR) is 191 cm³/mol. The number of rotatable bonds is 16. The molecule has 50 heavy (non-hydrogen) atoms. The first-order valence-electron chi connectivity index (χ1n) is 17.4. The number of fused-ring (bicyclic) bond motifs is 1. The van der Waals surface area contributed by atoms with Crippen LogP contribution in [0, 0.1) is 24.7 Å². The van der Waals surface area contributed by atoms with Crippen LogP contribution in [0.1, 0.15) is 63.2 Å². The molecule has 2 aromatic rings. The number of para-hydroxylation sites is 1. The zero-order valence-corrected chi connectivity index (χ0v) is 29.8. The molecule has 0 aliphatic carbocycles. The van der Waals surface area contributed by atoms with Crippen LogP contribution in [0.3, 0.4) is 0 Å². The summed E-state index contributed by atoms with van der Waals surface area (Å²) in [5, 5.41) is 13.9. The van der Waals surface area contributed by atoms with E-state index in [-0.39, 0.29) is 37.9 Å². The van der Waals surface area contributed by atoms with Gasteiger partial charge in [0.15, 0.2) is 0 Å². The molecule has 7 atom stereocenters. The van der Waals surface area contributed by atoms with Gasteiger partial charge in [-0.3, -0.25) is 19.2 Å². The number of aryl methyl sites for hydroxylation is 1. The largest absolute Gasteiger partial charge is 0.455 e. The maximum atomic E-state index is 15.0. The molecule has 3 amide bonds. The summed E-state index contributed by atoms with van der Waals surface area (Å²) in [7, 11) is 0. The Morgan fingerprint density at radius 1 is 1.16 bits per heavy atom. The lowest BCUT2D eigenvalue weighted by Gasteiger charge is -2.40. The van der Waals surface area contributed by atoms with Crippen molar-refractivity contribution in [1.82, 2.24) is 10.2 Å². The predicted octanol–water partition coefficient (Wildman–Crippen LogP) is 5.32. The molecule has 3 aliphatic rings. The summed E-state index contributed by atoms with van der Waals surface area (Å²) < 4.78 is 12.8. The van der Waals surface area contributed by atoms with Crippen molar-refractivity contribution in [2.24, 2.45) is 17.8 Å². The van der Waals surface area contributed by atoms with Crippen molar-refractivity contribution in [3.8, 4) is 0 Å². The lowest BCUT2D eigenvalue weighted by molar-refractivity contribution is -0.161. The Balaban J connectivity index is 1.52. The third-order valence-electron chi connectivity index (χ3n) is 10.1. The number of halogens is 1. The van der Waals surface area contributed by atoms with E-state index in [9.17, 15) is 24.3 Å². The van der Waals surface area contributed by atoms with Gasteiger partial charge in [0.2, 0.25) is 11.8 Å². The number of nitrogens with zero attached hydrogens (tertiary/aromatic N) is 2. The molecule has 2 aromatic carbocycles. The van der Waals surface area contributed by atoms with Crippen LogP contribution in [0.4, 0.5) is 5.69 Å². The maximum absolute atomic E-state index is 15.0. The molecule has 11 heteroatoms. The number of anilines is 1. The fraction of sp³-hybridized carbons (Fsp3) is 0.487. The molecule has 3 aliphatic heterocycles. The third kappa shape index (κ3) is 7.11. The summed E-state index contributed by atoms with van der Waals surface area (Å²) >= 11 is 6.68. The van der Waals surface area contributed by atoms with Crippen molar-refractivity contribution in [3.63, 3.8) is 0 Å². The van der Waals surface area contributed by atoms with Crippen molar-refractivity contribution in [2.75, 3.05) is 24.6 Å². The topological polar surface area (TPSA) is 125 Å². The summed E-state index contributed by atoms with van der Waals surface area (Å²) in [6, 6.07) is 12.6. The molecule has 5 rings (SSSR count). The molecule has 3 heterocycles. The molecule has 3 saturated heterocycles. The number of likely N-dealkylation sites (tertiary alicyclic amines) is 1. The van der Waals surface area contributed by atoms with E-state index >= 15 is 0 Å². The molecule has 0 unspecified atom stereocenters. The van der Waals surface area contributed by atoms with Crippen LogP contribution in [-0.4, -0.2) is 77.2 Å². The Hall–Kier alpha value is -3.99. The van der Waals surface area contributed by atoms with Crippen LogP contribution in [-0.2, 0) is 28.7 Å². The number of nitrogens with one attached hydrogen (secondary N) is 1. The molecule has 268 valence electrons. The molecule has 0 radical (unpaired) electrons. The summed E-state index contributed by atoms with van der Waals surface area (Å²) in [6.45, 7) is 13.1. The zero-order chi connectivity index (χ0) is 36.2. The SMILES string of the molecule is C=CCCC(=O)NC[C@@H](OC(=O)[C@@H]1[C@H]2C(=O)N([C@@H](CO)CC(C)C)[C@H](C(=O)N(CC=C)c3c(C)cccc3Cl)[C@]23CC[C@H]1O3)c1ccccc1. The van der Waals surface area contributed by atoms with E-state index in [4.69, 9.17) is 21.1 Å². The molecule has 10 nitrogen and oxygen atoms in total. The van der Waals surface area contributed by atoms with Gasteiger partial charge in [0.25, 0.3) is 5.91 Å². The lowest BCUT2D eigenvalue weighted by Crippen LogP contribution is -2.59. The van der Waals surface area contributed by atoms with Gasteiger partial charge in [-0.1, -0.05) is 80.1 Å². The van der Waals surface area contributed by atoms with E-state index in [1.165, 1.54) is 9.80 Å². The number of carbonyl (C=O) groups is 4. The summed E-state index contributed by atoms with van der Waals surface area (Å²) in [5.74, 6) is -3.59. The number of benzene rings is 2. The van der Waals surface area contributed by atoms with Gasteiger partial charge in [-0.25, -0.2) is 0 Å². The number of aliphatic hydroxyl groups is 1. The highest BCUT2D eigenvalue weighted by Gasteiger charge is 2.75. The van der Waals surface area contributed by atoms with Gasteiger partial charge in [0, 0.05) is 13.0 Å². The van der Waals surface area contributed by atoms with Gasteiger partial charge in [-0.05, 0) is 55.7 Å². The van der Waals surface area contributed by atoms with Gasteiger partial charge in [-0.15, -0.1) is 13.2 Å². The van der Waals surface area contributed by atoms with Crippen LogP contribution in [0.2, 0.25) is 5.02 Å². The highest BCUT2D eigenvalue weighted by atomic mass is 35.5. The Morgan fingerprint density at radius 3 is 2.54 bits per heavy atom. The highest BCUT2D eigenvalue weighted by Crippen LogP contribution is 2.59. The second-order valence-electron chi connectivity index (χ2n) is 13.9. The number of esters is 1. The zero-order valence-electron chi connectivity index (χ0n) is 29.1. The van der Waals surface area contributed by atoms with Gasteiger partial charge in [0.1, 0.15) is 17.7 Å². The van der Waals surface area contributed by atoms with E-state index < -0.39 is 59.5 Å². The first-order valence-corrected chi connectivity index (χ1v) is 17.8. The fourth-order valence-electron chi connectivity index (χ4n) is 8.03. The number of hydrogen-bond donors (Lipinski definition) is 2. The monoisotopic (exact) mass is 705 g/mol. The fourth-order valence-corrected chi connectivity index (χ4v) is 8.35. The molecular formula is C39H48ClN3O7. The van der Waals surface area contributed by atoms with E-state index in [0.29, 0.717) is 42.0 Å². The van der Waals surface area contributed by atoms with E-state index in [1.54, 1.807) is 24.3 Å². The van der Waals surface area contributed by atoms with Gasteiger partial charge in [0.05, 0.1) is 47.8 Å². The Kier molecular flexibility index (Phi) is 11.9. The molecule has 2 bridgehead atoms. The quantitative estimate of drug-likeness (QED) is 0.179. The second-order valence-corrected chi connectivity index (χ2v) is 14.3. The maximum Gasteiger partial charge on any atom is 0.313 e. The van der Waals surface area contributed by atoms with E-state index in [2.05, 4.69) is 18.5 Å². The number of amides is 3. The van der Waals surface area contributed by atoms with Gasteiger partial charge >= 0.3 is 5.97 Å². The number of aliphatic hydroxyl groups excluding tert-OH is 1. The van der Waals surface area contributed by atoms with Crippen molar-refractivity contribution >= 4 is 41.0 Å². The highest BCUT2D eigenvalue weighted by molar-refractivity contribution is 6.34. The normalized spacial score (nSPS) is 24.8.